The second-order valence-corrected chi connectivity index (χ2v) is 5.23. The van der Waals surface area contributed by atoms with Crippen molar-refractivity contribution in [2.24, 2.45) is 0 Å². The summed E-state index contributed by atoms with van der Waals surface area (Å²) in [7, 11) is 1.96. The lowest BCUT2D eigenvalue weighted by Crippen LogP contribution is -2.21. The SMILES string of the molecule is CCc1nn(CC)c(CC(NC)c2ccoc2C)c1Cl. The summed E-state index contributed by atoms with van der Waals surface area (Å²) in [4.78, 5) is 0. The van der Waals surface area contributed by atoms with Crippen LogP contribution in [0.25, 0.3) is 0 Å². The van der Waals surface area contributed by atoms with E-state index < -0.39 is 0 Å². The van der Waals surface area contributed by atoms with Crippen LogP contribution in [0, 0.1) is 6.92 Å². The van der Waals surface area contributed by atoms with Crippen LogP contribution in [0.3, 0.4) is 0 Å². The van der Waals surface area contributed by atoms with Gasteiger partial charge >= 0.3 is 0 Å². The van der Waals surface area contributed by atoms with Gasteiger partial charge in [0.1, 0.15) is 5.76 Å². The van der Waals surface area contributed by atoms with Gasteiger partial charge in [-0.1, -0.05) is 18.5 Å². The van der Waals surface area contributed by atoms with Gasteiger partial charge in [0.2, 0.25) is 0 Å². The Morgan fingerprint density at radius 2 is 2.20 bits per heavy atom. The van der Waals surface area contributed by atoms with E-state index in [4.69, 9.17) is 16.0 Å². The normalized spacial score (nSPS) is 12.8. The van der Waals surface area contributed by atoms with Crippen molar-refractivity contribution in [1.82, 2.24) is 15.1 Å². The molecule has 1 N–H and O–H groups in total. The smallest absolute Gasteiger partial charge is 0.105 e. The lowest BCUT2D eigenvalue weighted by Gasteiger charge is -2.16. The Balaban J connectivity index is 2.32. The number of aromatic nitrogens is 2. The van der Waals surface area contributed by atoms with E-state index in [0.717, 1.165) is 41.6 Å². The first-order valence-electron chi connectivity index (χ1n) is 7.07. The largest absolute Gasteiger partial charge is 0.469 e. The first-order chi connectivity index (χ1) is 9.62. The van der Waals surface area contributed by atoms with Crippen LogP contribution in [-0.2, 0) is 19.4 Å². The minimum Gasteiger partial charge on any atom is -0.469 e. The number of aryl methyl sites for hydroxylation is 3. The van der Waals surface area contributed by atoms with Gasteiger partial charge in [-0.2, -0.15) is 5.10 Å². The Morgan fingerprint density at radius 1 is 1.45 bits per heavy atom. The van der Waals surface area contributed by atoms with Crippen LogP contribution < -0.4 is 5.32 Å². The number of hydrogen-bond acceptors (Lipinski definition) is 3. The summed E-state index contributed by atoms with van der Waals surface area (Å²) >= 11 is 6.48. The zero-order valence-electron chi connectivity index (χ0n) is 12.5. The van der Waals surface area contributed by atoms with Gasteiger partial charge in [-0.15, -0.1) is 0 Å². The topological polar surface area (TPSA) is 43.0 Å². The molecule has 2 rings (SSSR count). The maximum absolute atomic E-state index is 6.48. The van der Waals surface area contributed by atoms with Crippen LogP contribution in [0.15, 0.2) is 16.7 Å². The minimum absolute atomic E-state index is 0.179. The standard InChI is InChI=1S/C15H22ClN3O/c1-5-12-15(16)14(19(6-2)18-12)9-13(17-4)11-7-8-20-10(11)3/h7-8,13,17H,5-6,9H2,1-4H3. The molecule has 20 heavy (non-hydrogen) atoms. The molecule has 0 saturated carbocycles. The third kappa shape index (κ3) is 2.76. The monoisotopic (exact) mass is 295 g/mol. The van der Waals surface area contributed by atoms with Crippen molar-refractivity contribution in [3.63, 3.8) is 0 Å². The molecule has 0 aromatic carbocycles. The van der Waals surface area contributed by atoms with Crippen LogP contribution >= 0.6 is 11.6 Å². The summed E-state index contributed by atoms with van der Waals surface area (Å²) in [6.07, 6.45) is 3.38. The number of nitrogens with zero attached hydrogens (tertiary/aromatic N) is 2. The van der Waals surface area contributed by atoms with Gasteiger partial charge in [0.25, 0.3) is 0 Å². The fourth-order valence-corrected chi connectivity index (χ4v) is 2.88. The quantitative estimate of drug-likeness (QED) is 0.886. The maximum Gasteiger partial charge on any atom is 0.105 e. The Labute approximate surface area is 125 Å². The van der Waals surface area contributed by atoms with Crippen molar-refractivity contribution in [2.75, 3.05) is 7.05 Å². The average Bonchev–Trinajstić information content (AvgIpc) is 3.00. The predicted octanol–water partition coefficient (Wildman–Crippen LogP) is 3.52. The van der Waals surface area contributed by atoms with E-state index in [1.54, 1.807) is 6.26 Å². The average molecular weight is 296 g/mol. The molecule has 0 bridgehead atoms. The summed E-state index contributed by atoms with van der Waals surface area (Å²) in [5, 5.41) is 8.71. The fourth-order valence-electron chi connectivity index (χ4n) is 2.53. The van der Waals surface area contributed by atoms with E-state index in [-0.39, 0.29) is 6.04 Å². The molecule has 2 heterocycles. The number of halogens is 1. The molecular weight excluding hydrogens is 274 g/mol. The van der Waals surface area contributed by atoms with Crippen LogP contribution in [0.2, 0.25) is 5.02 Å². The van der Waals surface area contributed by atoms with E-state index >= 15 is 0 Å². The van der Waals surface area contributed by atoms with Gasteiger partial charge < -0.3 is 9.73 Å². The van der Waals surface area contributed by atoms with E-state index in [1.165, 1.54) is 5.56 Å². The predicted molar refractivity (Wildman–Crippen MR) is 81.2 cm³/mol. The molecule has 2 aromatic rings. The second kappa shape index (κ2) is 6.46. The summed E-state index contributed by atoms with van der Waals surface area (Å²) in [6.45, 7) is 6.98. The highest BCUT2D eigenvalue weighted by Crippen LogP contribution is 2.28. The molecule has 0 amide bonds. The van der Waals surface area contributed by atoms with E-state index in [1.807, 2.05) is 24.7 Å². The van der Waals surface area contributed by atoms with Gasteiger partial charge in [0, 0.05) is 24.6 Å². The highest BCUT2D eigenvalue weighted by molar-refractivity contribution is 6.31. The van der Waals surface area contributed by atoms with Gasteiger partial charge in [-0.05, 0) is 33.4 Å². The first-order valence-corrected chi connectivity index (χ1v) is 7.45. The second-order valence-electron chi connectivity index (χ2n) is 4.85. The Bertz CT molecular complexity index is 574. The molecule has 0 fully saturated rings. The summed E-state index contributed by atoms with van der Waals surface area (Å²) in [6, 6.07) is 2.19. The number of likely N-dealkylation sites (N-methyl/N-ethyl adjacent to an activating group) is 1. The van der Waals surface area contributed by atoms with Gasteiger partial charge in [-0.25, -0.2) is 0 Å². The van der Waals surface area contributed by atoms with Crippen LogP contribution in [0.5, 0.6) is 0 Å². The van der Waals surface area contributed by atoms with Crippen molar-refractivity contribution in [3.05, 3.63) is 40.1 Å². The Kier molecular flexibility index (Phi) is 4.89. The number of furan rings is 1. The van der Waals surface area contributed by atoms with Crippen LogP contribution in [0.4, 0.5) is 0 Å². The molecule has 0 saturated heterocycles. The van der Waals surface area contributed by atoms with Crippen LogP contribution in [-0.4, -0.2) is 16.8 Å². The summed E-state index contributed by atoms with van der Waals surface area (Å²) in [5.74, 6) is 0.943. The molecule has 5 heteroatoms. The molecule has 110 valence electrons. The zero-order chi connectivity index (χ0) is 14.7. The molecule has 0 radical (unpaired) electrons. The van der Waals surface area contributed by atoms with E-state index in [2.05, 4.69) is 24.3 Å². The Morgan fingerprint density at radius 3 is 2.70 bits per heavy atom. The van der Waals surface area contributed by atoms with Crippen molar-refractivity contribution >= 4 is 11.6 Å². The first kappa shape index (κ1) is 15.1. The van der Waals surface area contributed by atoms with E-state index in [9.17, 15) is 0 Å². The fraction of sp³-hybridized carbons (Fsp3) is 0.533. The molecule has 0 aliphatic rings. The third-order valence-corrected chi connectivity index (χ3v) is 4.15. The van der Waals surface area contributed by atoms with Crippen molar-refractivity contribution < 1.29 is 4.42 Å². The number of hydrogen-bond donors (Lipinski definition) is 1. The Hall–Kier alpha value is -1.26. The molecule has 2 aromatic heterocycles. The third-order valence-electron chi connectivity index (χ3n) is 3.71. The van der Waals surface area contributed by atoms with Gasteiger partial charge in [0.15, 0.2) is 0 Å². The molecular formula is C15H22ClN3O. The highest BCUT2D eigenvalue weighted by Gasteiger charge is 2.21. The molecule has 0 spiro atoms. The molecule has 1 unspecified atom stereocenters. The molecule has 0 aliphatic heterocycles. The van der Waals surface area contributed by atoms with E-state index in [0.29, 0.717) is 0 Å². The molecule has 0 aliphatic carbocycles. The van der Waals surface area contributed by atoms with Crippen molar-refractivity contribution in [1.29, 1.82) is 0 Å². The highest BCUT2D eigenvalue weighted by atomic mass is 35.5. The number of nitrogens with one attached hydrogen (secondary N) is 1. The van der Waals surface area contributed by atoms with Crippen molar-refractivity contribution in [3.8, 4) is 0 Å². The van der Waals surface area contributed by atoms with Crippen molar-refractivity contribution in [2.45, 2.75) is 46.2 Å². The molecule has 1 atom stereocenters. The maximum atomic E-state index is 6.48. The zero-order valence-corrected chi connectivity index (χ0v) is 13.3. The molecule has 4 nitrogen and oxygen atoms in total. The van der Waals surface area contributed by atoms with Gasteiger partial charge in [-0.3, -0.25) is 4.68 Å². The minimum atomic E-state index is 0.179. The van der Waals surface area contributed by atoms with Gasteiger partial charge in [0.05, 0.1) is 22.7 Å². The lowest BCUT2D eigenvalue weighted by molar-refractivity contribution is 0.502. The summed E-state index contributed by atoms with van der Waals surface area (Å²) in [5.41, 5.74) is 3.23. The lowest BCUT2D eigenvalue weighted by atomic mass is 10.0. The summed E-state index contributed by atoms with van der Waals surface area (Å²) < 4.78 is 7.40. The van der Waals surface area contributed by atoms with Crippen LogP contribution in [0.1, 0.15) is 42.6 Å². The number of rotatable bonds is 6.